The second-order valence-electron chi connectivity index (χ2n) is 4.21. The monoisotopic (exact) mass is 220 g/mol. The van der Waals surface area contributed by atoms with Crippen LogP contribution in [0.15, 0.2) is 24.3 Å². The molecule has 0 saturated heterocycles. The molecule has 1 N–H and O–H groups in total. The van der Waals surface area contributed by atoms with Crippen LogP contribution in [0.4, 0.5) is 0 Å². The van der Waals surface area contributed by atoms with Crippen LogP contribution in [0, 0.1) is 0 Å². The van der Waals surface area contributed by atoms with Gasteiger partial charge in [-0.3, -0.25) is 4.90 Å². The van der Waals surface area contributed by atoms with E-state index in [9.17, 15) is 0 Å². The van der Waals surface area contributed by atoms with Crippen LogP contribution in [0.1, 0.15) is 11.1 Å². The third-order valence-corrected chi connectivity index (χ3v) is 3.04. The van der Waals surface area contributed by atoms with E-state index in [0.29, 0.717) is 0 Å². The molecule has 1 heterocycles. The van der Waals surface area contributed by atoms with Crippen molar-refractivity contribution < 1.29 is 4.74 Å². The first-order valence-electron chi connectivity index (χ1n) is 5.89. The highest BCUT2D eigenvalue weighted by Gasteiger charge is 2.11. The lowest BCUT2D eigenvalue weighted by Gasteiger charge is -2.26. The molecule has 3 nitrogen and oxygen atoms in total. The average molecular weight is 220 g/mol. The molecule has 1 aromatic carbocycles. The quantitative estimate of drug-likeness (QED) is 0.829. The zero-order chi connectivity index (χ0) is 11.2. The maximum atomic E-state index is 5.14. The highest BCUT2D eigenvalue weighted by atomic mass is 16.5. The summed E-state index contributed by atoms with van der Waals surface area (Å²) in [6, 6.07) is 8.67. The van der Waals surface area contributed by atoms with Gasteiger partial charge in [-0.1, -0.05) is 24.3 Å². The maximum absolute atomic E-state index is 5.14. The van der Waals surface area contributed by atoms with E-state index in [0.717, 1.165) is 39.3 Å². The van der Waals surface area contributed by atoms with Crippen molar-refractivity contribution in [2.24, 2.45) is 0 Å². The second kappa shape index (κ2) is 5.99. The summed E-state index contributed by atoms with van der Waals surface area (Å²) in [5, 5.41) is 3.47. The van der Waals surface area contributed by atoms with Crippen LogP contribution in [0.25, 0.3) is 0 Å². The zero-order valence-corrected chi connectivity index (χ0v) is 9.91. The number of methoxy groups -OCH3 is 1. The van der Waals surface area contributed by atoms with Crippen LogP contribution in [-0.2, 0) is 17.8 Å². The van der Waals surface area contributed by atoms with Gasteiger partial charge < -0.3 is 10.1 Å². The predicted octanol–water partition coefficient (Wildman–Crippen LogP) is 1.24. The summed E-state index contributed by atoms with van der Waals surface area (Å²) < 4.78 is 5.14. The smallest absolute Gasteiger partial charge is 0.0589 e. The van der Waals surface area contributed by atoms with Crippen molar-refractivity contribution in [3.63, 3.8) is 0 Å². The molecule has 0 spiro atoms. The van der Waals surface area contributed by atoms with Gasteiger partial charge in [0.1, 0.15) is 0 Å². The fourth-order valence-corrected chi connectivity index (χ4v) is 2.08. The molecule has 0 amide bonds. The number of fused-ring (bicyclic) bond motifs is 1. The molecule has 0 fully saturated rings. The Morgan fingerprint density at radius 2 is 2.12 bits per heavy atom. The molecule has 0 atom stereocenters. The second-order valence-corrected chi connectivity index (χ2v) is 4.21. The molecule has 0 radical (unpaired) electrons. The van der Waals surface area contributed by atoms with Crippen molar-refractivity contribution in [2.75, 3.05) is 33.4 Å². The van der Waals surface area contributed by atoms with Crippen molar-refractivity contribution in [2.45, 2.75) is 13.1 Å². The zero-order valence-electron chi connectivity index (χ0n) is 9.91. The van der Waals surface area contributed by atoms with Crippen molar-refractivity contribution in [1.82, 2.24) is 10.2 Å². The molecular weight excluding hydrogens is 200 g/mol. The van der Waals surface area contributed by atoms with Gasteiger partial charge in [0.15, 0.2) is 0 Å². The molecule has 16 heavy (non-hydrogen) atoms. The normalized spacial score (nSPS) is 17.6. The summed E-state index contributed by atoms with van der Waals surface area (Å²) >= 11 is 0. The Bertz CT molecular complexity index is 327. The van der Waals surface area contributed by atoms with Crippen LogP contribution >= 0.6 is 0 Å². The van der Waals surface area contributed by atoms with E-state index in [2.05, 4.69) is 34.5 Å². The Balaban J connectivity index is 2.06. The Morgan fingerprint density at radius 1 is 1.31 bits per heavy atom. The van der Waals surface area contributed by atoms with Gasteiger partial charge in [-0.2, -0.15) is 0 Å². The fourth-order valence-electron chi connectivity index (χ4n) is 2.08. The first-order chi connectivity index (χ1) is 7.90. The number of benzene rings is 1. The minimum Gasteiger partial charge on any atom is -0.383 e. The summed E-state index contributed by atoms with van der Waals surface area (Å²) in [5.74, 6) is 0. The molecule has 1 aliphatic rings. The Kier molecular flexibility index (Phi) is 4.34. The van der Waals surface area contributed by atoms with Crippen molar-refractivity contribution in [3.05, 3.63) is 35.4 Å². The topological polar surface area (TPSA) is 24.5 Å². The SMILES string of the molecule is COCCN1CCNCc2ccccc2C1. The van der Waals surface area contributed by atoms with E-state index in [1.165, 1.54) is 11.1 Å². The number of hydrogen-bond donors (Lipinski definition) is 1. The minimum atomic E-state index is 0.808. The average Bonchev–Trinajstić information content (AvgIpc) is 2.29. The molecule has 1 aromatic rings. The summed E-state index contributed by atoms with van der Waals surface area (Å²) in [5.41, 5.74) is 2.86. The Labute approximate surface area is 97.4 Å². The van der Waals surface area contributed by atoms with Gasteiger partial charge in [-0.15, -0.1) is 0 Å². The fraction of sp³-hybridized carbons (Fsp3) is 0.538. The molecule has 1 aliphatic heterocycles. The van der Waals surface area contributed by atoms with Crippen LogP contribution in [-0.4, -0.2) is 38.3 Å². The van der Waals surface area contributed by atoms with Crippen LogP contribution in [0.5, 0.6) is 0 Å². The van der Waals surface area contributed by atoms with Gasteiger partial charge in [0.2, 0.25) is 0 Å². The van der Waals surface area contributed by atoms with E-state index >= 15 is 0 Å². The van der Waals surface area contributed by atoms with E-state index in [-0.39, 0.29) is 0 Å². The summed E-state index contributed by atoms with van der Waals surface area (Å²) in [7, 11) is 1.76. The molecule has 3 heteroatoms. The van der Waals surface area contributed by atoms with Crippen LogP contribution in [0.3, 0.4) is 0 Å². The largest absolute Gasteiger partial charge is 0.383 e. The summed E-state index contributed by atoms with van der Waals surface area (Å²) in [6.07, 6.45) is 0. The van der Waals surface area contributed by atoms with Crippen molar-refractivity contribution >= 4 is 0 Å². The molecule has 0 aliphatic carbocycles. The van der Waals surface area contributed by atoms with Crippen molar-refractivity contribution in [3.8, 4) is 0 Å². The Morgan fingerprint density at radius 3 is 2.94 bits per heavy atom. The van der Waals surface area contributed by atoms with Crippen LogP contribution < -0.4 is 5.32 Å². The first-order valence-corrected chi connectivity index (χ1v) is 5.89. The van der Waals surface area contributed by atoms with E-state index in [4.69, 9.17) is 4.74 Å². The predicted molar refractivity (Wildman–Crippen MR) is 65.3 cm³/mol. The number of hydrogen-bond acceptors (Lipinski definition) is 3. The maximum Gasteiger partial charge on any atom is 0.0589 e. The first kappa shape index (κ1) is 11.6. The van der Waals surface area contributed by atoms with Gasteiger partial charge in [0, 0.05) is 39.8 Å². The highest BCUT2D eigenvalue weighted by Crippen LogP contribution is 2.13. The molecule has 88 valence electrons. The summed E-state index contributed by atoms with van der Waals surface area (Å²) in [6.45, 7) is 6.00. The molecule has 0 aromatic heterocycles. The van der Waals surface area contributed by atoms with Gasteiger partial charge >= 0.3 is 0 Å². The number of rotatable bonds is 3. The number of nitrogens with one attached hydrogen (secondary N) is 1. The van der Waals surface area contributed by atoms with Crippen LogP contribution in [0.2, 0.25) is 0 Å². The number of ether oxygens (including phenoxy) is 1. The highest BCUT2D eigenvalue weighted by molar-refractivity contribution is 5.27. The molecule has 0 unspecified atom stereocenters. The van der Waals surface area contributed by atoms with Gasteiger partial charge in [0.05, 0.1) is 6.61 Å². The lowest BCUT2D eigenvalue weighted by Crippen LogP contribution is -2.36. The standard InChI is InChI=1S/C13H20N2O/c1-16-9-8-15-7-6-14-10-12-4-2-3-5-13(12)11-15/h2-5,14H,6-11H2,1H3. The third kappa shape index (κ3) is 3.04. The lowest BCUT2D eigenvalue weighted by molar-refractivity contribution is 0.143. The molecule has 0 bridgehead atoms. The molecule has 0 saturated carbocycles. The van der Waals surface area contributed by atoms with Crippen molar-refractivity contribution in [1.29, 1.82) is 0 Å². The lowest BCUT2D eigenvalue weighted by atomic mass is 10.1. The molecule has 2 rings (SSSR count). The number of nitrogens with zero attached hydrogens (tertiary/aromatic N) is 1. The molecular formula is C13H20N2O. The van der Waals surface area contributed by atoms with Gasteiger partial charge in [-0.05, 0) is 11.1 Å². The van der Waals surface area contributed by atoms with E-state index in [1.54, 1.807) is 7.11 Å². The van der Waals surface area contributed by atoms with E-state index in [1.807, 2.05) is 0 Å². The van der Waals surface area contributed by atoms with Gasteiger partial charge in [0.25, 0.3) is 0 Å². The van der Waals surface area contributed by atoms with E-state index < -0.39 is 0 Å². The Hall–Kier alpha value is -0.900. The minimum absolute atomic E-state index is 0.808. The summed E-state index contributed by atoms with van der Waals surface area (Å²) in [4.78, 5) is 2.44. The third-order valence-electron chi connectivity index (χ3n) is 3.04. The van der Waals surface area contributed by atoms with Gasteiger partial charge in [-0.25, -0.2) is 0 Å².